The summed E-state index contributed by atoms with van der Waals surface area (Å²) in [6, 6.07) is 10.6. The van der Waals surface area contributed by atoms with E-state index in [1.807, 2.05) is 6.08 Å². The Morgan fingerprint density at radius 3 is 2.57 bits per heavy atom. The highest BCUT2D eigenvalue weighted by atomic mass is 35.5. The molecule has 1 N–H and O–H groups in total. The Kier molecular flexibility index (Phi) is 8.30. The van der Waals surface area contributed by atoms with Gasteiger partial charge in [-0.25, -0.2) is 0 Å². The number of hydrogen-bond donors (Lipinski definition) is 1. The van der Waals surface area contributed by atoms with Crippen LogP contribution in [0.3, 0.4) is 0 Å². The second-order valence-electron chi connectivity index (χ2n) is 3.08. The summed E-state index contributed by atoms with van der Waals surface area (Å²) >= 11 is 0. The lowest BCUT2D eigenvalue weighted by Crippen LogP contribution is -2.15. The summed E-state index contributed by atoms with van der Waals surface area (Å²) in [5, 5.41) is 3.29. The average molecular weight is 212 g/mol. The van der Waals surface area contributed by atoms with Gasteiger partial charge in [-0.15, -0.1) is 19.0 Å². The van der Waals surface area contributed by atoms with Crippen LogP contribution in [-0.4, -0.2) is 13.1 Å². The average Bonchev–Trinajstić information content (AvgIpc) is 2.19. The molecule has 0 heterocycles. The zero-order chi connectivity index (χ0) is 9.36. The number of rotatable bonds is 6. The lowest BCUT2D eigenvalue weighted by Gasteiger charge is -2.01. The molecule has 0 unspecified atom stereocenters. The summed E-state index contributed by atoms with van der Waals surface area (Å²) < 4.78 is 0. The van der Waals surface area contributed by atoms with E-state index in [1.165, 1.54) is 12.0 Å². The molecule has 14 heavy (non-hydrogen) atoms. The van der Waals surface area contributed by atoms with Crippen LogP contribution in [0.15, 0.2) is 43.0 Å². The highest BCUT2D eigenvalue weighted by Crippen LogP contribution is 2.01. The fraction of sp³-hybridized carbons (Fsp3) is 0.333. The van der Waals surface area contributed by atoms with Gasteiger partial charge in [0.05, 0.1) is 0 Å². The van der Waals surface area contributed by atoms with Crippen molar-refractivity contribution >= 4 is 12.4 Å². The van der Waals surface area contributed by atoms with Gasteiger partial charge in [-0.1, -0.05) is 36.4 Å². The maximum absolute atomic E-state index is 3.65. The maximum atomic E-state index is 3.65. The van der Waals surface area contributed by atoms with Crippen molar-refractivity contribution in [2.45, 2.75) is 12.8 Å². The molecule has 0 aromatic heterocycles. The van der Waals surface area contributed by atoms with Gasteiger partial charge in [-0.3, -0.25) is 0 Å². The molecule has 1 rings (SSSR count). The van der Waals surface area contributed by atoms with Crippen LogP contribution in [0.5, 0.6) is 0 Å². The highest BCUT2D eigenvalue weighted by molar-refractivity contribution is 5.85. The van der Waals surface area contributed by atoms with Gasteiger partial charge >= 0.3 is 0 Å². The lowest BCUT2D eigenvalue weighted by molar-refractivity contribution is 0.693. The van der Waals surface area contributed by atoms with Gasteiger partial charge in [0, 0.05) is 6.54 Å². The monoisotopic (exact) mass is 211 g/mol. The number of halogens is 1. The van der Waals surface area contributed by atoms with Crippen molar-refractivity contribution in [2.75, 3.05) is 13.1 Å². The van der Waals surface area contributed by atoms with E-state index in [4.69, 9.17) is 0 Å². The molecule has 0 saturated carbocycles. The third-order valence-electron chi connectivity index (χ3n) is 1.95. The molecule has 1 aromatic rings. The smallest absolute Gasteiger partial charge is 0.0132 e. The molecular formula is C12H18ClN. The molecule has 0 fully saturated rings. The summed E-state index contributed by atoms with van der Waals surface area (Å²) in [6.45, 7) is 5.64. The third-order valence-corrected chi connectivity index (χ3v) is 1.95. The fourth-order valence-corrected chi connectivity index (χ4v) is 1.27. The SMILES string of the molecule is C=CCNCCCc1ccccc1.Cl. The Morgan fingerprint density at radius 2 is 1.93 bits per heavy atom. The predicted molar refractivity (Wildman–Crippen MR) is 65.1 cm³/mol. The van der Waals surface area contributed by atoms with Gasteiger partial charge < -0.3 is 5.32 Å². The predicted octanol–water partition coefficient (Wildman–Crippen LogP) is 2.82. The molecule has 0 atom stereocenters. The quantitative estimate of drug-likeness (QED) is 0.564. The van der Waals surface area contributed by atoms with Crippen molar-refractivity contribution in [2.24, 2.45) is 0 Å². The summed E-state index contributed by atoms with van der Waals surface area (Å²) in [5.74, 6) is 0. The standard InChI is InChI=1S/C12H17N.ClH/c1-2-10-13-11-6-9-12-7-4-3-5-8-12;/h2-5,7-8,13H,1,6,9-11H2;1H. The first-order chi connectivity index (χ1) is 6.43. The topological polar surface area (TPSA) is 12.0 Å². The largest absolute Gasteiger partial charge is 0.313 e. The van der Waals surface area contributed by atoms with E-state index in [1.54, 1.807) is 0 Å². The molecule has 0 aliphatic heterocycles. The Hall–Kier alpha value is -0.790. The first kappa shape index (κ1) is 13.2. The van der Waals surface area contributed by atoms with Crippen LogP contribution in [0.1, 0.15) is 12.0 Å². The summed E-state index contributed by atoms with van der Waals surface area (Å²) in [7, 11) is 0. The van der Waals surface area contributed by atoms with Crippen molar-refractivity contribution in [1.82, 2.24) is 5.32 Å². The van der Waals surface area contributed by atoms with E-state index < -0.39 is 0 Å². The molecule has 0 aliphatic carbocycles. The molecule has 0 saturated heterocycles. The second kappa shape index (κ2) is 8.79. The molecule has 0 radical (unpaired) electrons. The molecule has 1 nitrogen and oxygen atoms in total. The van der Waals surface area contributed by atoms with Crippen molar-refractivity contribution in [3.63, 3.8) is 0 Å². The number of nitrogens with one attached hydrogen (secondary N) is 1. The van der Waals surface area contributed by atoms with Crippen LogP contribution in [0.2, 0.25) is 0 Å². The van der Waals surface area contributed by atoms with Crippen LogP contribution in [0.25, 0.3) is 0 Å². The lowest BCUT2D eigenvalue weighted by atomic mass is 10.1. The van der Waals surface area contributed by atoms with Gasteiger partial charge in [-0.2, -0.15) is 0 Å². The van der Waals surface area contributed by atoms with E-state index in [9.17, 15) is 0 Å². The Labute approximate surface area is 92.6 Å². The molecule has 1 aromatic carbocycles. The van der Waals surface area contributed by atoms with Crippen molar-refractivity contribution in [1.29, 1.82) is 0 Å². The van der Waals surface area contributed by atoms with E-state index in [0.29, 0.717) is 0 Å². The second-order valence-corrected chi connectivity index (χ2v) is 3.08. The van der Waals surface area contributed by atoms with Crippen LogP contribution in [0, 0.1) is 0 Å². The molecular weight excluding hydrogens is 194 g/mol. The minimum absolute atomic E-state index is 0. The summed E-state index contributed by atoms with van der Waals surface area (Å²) in [4.78, 5) is 0. The minimum atomic E-state index is 0. The van der Waals surface area contributed by atoms with Crippen LogP contribution in [-0.2, 0) is 6.42 Å². The van der Waals surface area contributed by atoms with Crippen LogP contribution >= 0.6 is 12.4 Å². The number of benzene rings is 1. The Balaban J connectivity index is 0.00000169. The summed E-state index contributed by atoms with van der Waals surface area (Å²) in [6.07, 6.45) is 4.24. The van der Waals surface area contributed by atoms with Crippen LogP contribution < -0.4 is 5.32 Å². The van der Waals surface area contributed by atoms with E-state index in [2.05, 4.69) is 42.2 Å². The maximum Gasteiger partial charge on any atom is 0.0132 e. The molecule has 78 valence electrons. The van der Waals surface area contributed by atoms with Gasteiger partial charge in [0.1, 0.15) is 0 Å². The Bertz CT molecular complexity index is 233. The molecule has 2 heteroatoms. The first-order valence-corrected chi connectivity index (χ1v) is 4.79. The third kappa shape index (κ3) is 5.79. The zero-order valence-electron chi connectivity index (χ0n) is 8.41. The van der Waals surface area contributed by atoms with Gasteiger partial charge in [0.2, 0.25) is 0 Å². The fourth-order valence-electron chi connectivity index (χ4n) is 1.27. The van der Waals surface area contributed by atoms with Gasteiger partial charge in [0.25, 0.3) is 0 Å². The van der Waals surface area contributed by atoms with Crippen molar-refractivity contribution in [3.8, 4) is 0 Å². The minimum Gasteiger partial charge on any atom is -0.313 e. The highest BCUT2D eigenvalue weighted by Gasteiger charge is 1.90. The number of hydrogen-bond acceptors (Lipinski definition) is 1. The summed E-state index contributed by atoms with van der Waals surface area (Å²) in [5.41, 5.74) is 1.42. The van der Waals surface area contributed by atoms with E-state index >= 15 is 0 Å². The van der Waals surface area contributed by atoms with Crippen molar-refractivity contribution < 1.29 is 0 Å². The molecule has 0 aliphatic rings. The molecule has 0 bridgehead atoms. The molecule has 0 amide bonds. The van der Waals surface area contributed by atoms with Gasteiger partial charge in [0.15, 0.2) is 0 Å². The van der Waals surface area contributed by atoms with Crippen LogP contribution in [0.4, 0.5) is 0 Å². The molecule has 0 spiro atoms. The Morgan fingerprint density at radius 1 is 1.21 bits per heavy atom. The van der Waals surface area contributed by atoms with Crippen molar-refractivity contribution in [3.05, 3.63) is 48.6 Å². The van der Waals surface area contributed by atoms with E-state index in [0.717, 1.165) is 19.5 Å². The normalized spacial score (nSPS) is 9.14. The first-order valence-electron chi connectivity index (χ1n) is 4.79. The van der Waals surface area contributed by atoms with E-state index in [-0.39, 0.29) is 12.4 Å². The van der Waals surface area contributed by atoms with Gasteiger partial charge in [-0.05, 0) is 24.9 Å². The number of aryl methyl sites for hydroxylation is 1. The zero-order valence-corrected chi connectivity index (χ0v) is 9.22.